The Kier molecular flexibility index (Phi) is 5.46. The van der Waals surface area contributed by atoms with Crippen LogP contribution in [0.4, 0.5) is 0 Å². The van der Waals surface area contributed by atoms with Gasteiger partial charge < -0.3 is 10.8 Å². The third kappa shape index (κ3) is 4.42. The van der Waals surface area contributed by atoms with Gasteiger partial charge in [-0.3, -0.25) is 0 Å². The van der Waals surface area contributed by atoms with E-state index in [-0.39, 0.29) is 5.54 Å². The molecule has 0 aromatic heterocycles. The van der Waals surface area contributed by atoms with Crippen LogP contribution in [0.1, 0.15) is 46.5 Å². The van der Waals surface area contributed by atoms with Gasteiger partial charge in [-0.05, 0) is 32.6 Å². The number of rotatable bonds is 6. The Morgan fingerprint density at radius 3 is 2.29 bits per heavy atom. The predicted octanol–water partition coefficient (Wildman–Crippen LogP) is 2.31. The number of carbonyl (C=O) groups is 1. The average Bonchev–Trinajstić information content (AvgIpc) is 2.17. The summed E-state index contributed by atoms with van der Waals surface area (Å²) in [6.07, 6.45) is 5.21. The van der Waals surface area contributed by atoms with Gasteiger partial charge in [0.2, 0.25) is 0 Å². The SMILES string of the molecule is CCC(N)(CC)CCC=C(C)C(=O)O. The molecule has 0 saturated heterocycles. The fourth-order valence-electron chi connectivity index (χ4n) is 1.27. The Balaban J connectivity index is 4.06. The molecule has 0 aromatic rings. The summed E-state index contributed by atoms with van der Waals surface area (Å²) in [4.78, 5) is 10.5. The molecule has 0 aromatic carbocycles. The van der Waals surface area contributed by atoms with Crippen molar-refractivity contribution in [1.29, 1.82) is 0 Å². The summed E-state index contributed by atoms with van der Waals surface area (Å²) >= 11 is 0. The third-order valence-electron chi connectivity index (χ3n) is 2.84. The van der Waals surface area contributed by atoms with E-state index in [9.17, 15) is 4.79 Å². The summed E-state index contributed by atoms with van der Waals surface area (Å²) in [5, 5.41) is 8.63. The van der Waals surface area contributed by atoms with Gasteiger partial charge in [-0.2, -0.15) is 0 Å². The maximum absolute atomic E-state index is 10.5. The maximum atomic E-state index is 10.5. The lowest BCUT2D eigenvalue weighted by molar-refractivity contribution is -0.132. The van der Waals surface area contributed by atoms with E-state index in [1.54, 1.807) is 13.0 Å². The van der Waals surface area contributed by atoms with Gasteiger partial charge >= 0.3 is 5.97 Å². The van der Waals surface area contributed by atoms with Gasteiger partial charge in [-0.25, -0.2) is 4.79 Å². The summed E-state index contributed by atoms with van der Waals surface area (Å²) in [7, 11) is 0. The Morgan fingerprint density at radius 2 is 1.93 bits per heavy atom. The quantitative estimate of drug-likeness (QED) is 0.645. The van der Waals surface area contributed by atoms with Crippen LogP contribution in [0.2, 0.25) is 0 Å². The lowest BCUT2D eigenvalue weighted by Gasteiger charge is -2.25. The minimum atomic E-state index is -0.847. The summed E-state index contributed by atoms with van der Waals surface area (Å²) in [6, 6.07) is 0. The Morgan fingerprint density at radius 1 is 1.43 bits per heavy atom. The first-order valence-electron chi connectivity index (χ1n) is 5.14. The van der Waals surface area contributed by atoms with Crippen molar-refractivity contribution >= 4 is 5.97 Å². The highest BCUT2D eigenvalue weighted by Crippen LogP contribution is 2.18. The molecule has 0 rings (SSSR count). The molecule has 0 heterocycles. The molecule has 0 atom stereocenters. The van der Waals surface area contributed by atoms with Gasteiger partial charge in [0.1, 0.15) is 0 Å². The van der Waals surface area contributed by atoms with Gasteiger partial charge in [0.05, 0.1) is 0 Å². The minimum absolute atomic E-state index is 0.130. The normalized spacial score (nSPS) is 13.0. The van der Waals surface area contributed by atoms with Crippen molar-refractivity contribution < 1.29 is 9.90 Å². The molecular weight excluding hydrogens is 178 g/mol. The van der Waals surface area contributed by atoms with Gasteiger partial charge in [0.25, 0.3) is 0 Å². The van der Waals surface area contributed by atoms with Crippen LogP contribution in [0.3, 0.4) is 0 Å². The maximum Gasteiger partial charge on any atom is 0.330 e. The van der Waals surface area contributed by atoms with E-state index >= 15 is 0 Å². The van der Waals surface area contributed by atoms with Gasteiger partial charge in [-0.15, -0.1) is 0 Å². The van der Waals surface area contributed by atoms with Crippen molar-refractivity contribution in [3.63, 3.8) is 0 Å². The standard InChI is InChI=1S/C11H21NO2/c1-4-11(12,5-2)8-6-7-9(3)10(13)14/h7H,4-6,8,12H2,1-3H3,(H,13,14). The van der Waals surface area contributed by atoms with E-state index < -0.39 is 5.97 Å². The Hall–Kier alpha value is -0.830. The highest BCUT2D eigenvalue weighted by atomic mass is 16.4. The predicted molar refractivity (Wildman–Crippen MR) is 58.1 cm³/mol. The molecule has 0 unspecified atom stereocenters. The van der Waals surface area contributed by atoms with Crippen LogP contribution in [0.25, 0.3) is 0 Å². The molecule has 0 bridgehead atoms. The lowest BCUT2D eigenvalue weighted by Crippen LogP contribution is -2.37. The van der Waals surface area contributed by atoms with Crippen molar-refractivity contribution in [2.45, 2.75) is 52.0 Å². The first kappa shape index (κ1) is 13.2. The second-order valence-corrected chi connectivity index (χ2v) is 3.80. The van der Waals surface area contributed by atoms with E-state index in [1.165, 1.54) is 0 Å². The summed E-state index contributed by atoms with van der Waals surface area (Å²) in [5.41, 5.74) is 6.35. The summed E-state index contributed by atoms with van der Waals surface area (Å²) in [6.45, 7) is 5.74. The monoisotopic (exact) mass is 199 g/mol. The number of hydrogen-bond acceptors (Lipinski definition) is 2. The molecule has 0 fully saturated rings. The molecule has 3 nitrogen and oxygen atoms in total. The number of hydrogen-bond donors (Lipinski definition) is 2. The largest absolute Gasteiger partial charge is 0.478 e. The highest BCUT2D eigenvalue weighted by Gasteiger charge is 2.18. The Bertz CT molecular complexity index is 217. The zero-order valence-electron chi connectivity index (χ0n) is 9.34. The molecule has 82 valence electrons. The third-order valence-corrected chi connectivity index (χ3v) is 2.84. The van der Waals surface area contributed by atoms with Crippen molar-refractivity contribution in [3.8, 4) is 0 Å². The second-order valence-electron chi connectivity index (χ2n) is 3.80. The molecular formula is C11H21NO2. The van der Waals surface area contributed by atoms with E-state index in [0.29, 0.717) is 5.57 Å². The molecule has 0 aliphatic rings. The van der Waals surface area contributed by atoms with E-state index in [4.69, 9.17) is 10.8 Å². The van der Waals surface area contributed by atoms with Crippen molar-refractivity contribution in [2.75, 3.05) is 0 Å². The van der Waals surface area contributed by atoms with Crippen molar-refractivity contribution in [2.24, 2.45) is 5.73 Å². The molecule has 0 aliphatic carbocycles. The van der Waals surface area contributed by atoms with Crippen LogP contribution in [0, 0.1) is 0 Å². The summed E-state index contributed by atoms with van der Waals surface area (Å²) in [5.74, 6) is -0.847. The molecule has 3 heteroatoms. The van der Waals surface area contributed by atoms with Crippen LogP contribution in [0.15, 0.2) is 11.6 Å². The molecule has 0 aliphatic heterocycles. The fraction of sp³-hybridized carbons (Fsp3) is 0.727. The first-order chi connectivity index (χ1) is 6.45. The first-order valence-corrected chi connectivity index (χ1v) is 5.14. The molecule has 0 spiro atoms. The van der Waals surface area contributed by atoms with E-state index in [1.807, 2.05) is 0 Å². The number of carboxylic acid groups (broad SMARTS) is 1. The second kappa shape index (κ2) is 5.81. The average molecular weight is 199 g/mol. The molecule has 0 radical (unpaired) electrons. The van der Waals surface area contributed by atoms with Crippen LogP contribution in [-0.4, -0.2) is 16.6 Å². The van der Waals surface area contributed by atoms with E-state index in [2.05, 4.69) is 13.8 Å². The van der Waals surface area contributed by atoms with Crippen LogP contribution < -0.4 is 5.73 Å². The molecule has 3 N–H and O–H groups in total. The molecule has 0 saturated carbocycles. The topological polar surface area (TPSA) is 63.3 Å². The van der Waals surface area contributed by atoms with Crippen molar-refractivity contribution in [3.05, 3.63) is 11.6 Å². The smallest absolute Gasteiger partial charge is 0.330 e. The minimum Gasteiger partial charge on any atom is -0.478 e. The number of allylic oxidation sites excluding steroid dienone is 1. The molecule has 14 heavy (non-hydrogen) atoms. The number of carboxylic acids is 1. The molecule has 0 amide bonds. The van der Waals surface area contributed by atoms with E-state index in [0.717, 1.165) is 25.7 Å². The summed E-state index contributed by atoms with van der Waals surface area (Å²) < 4.78 is 0. The number of aliphatic carboxylic acids is 1. The van der Waals surface area contributed by atoms with Gasteiger partial charge in [0.15, 0.2) is 0 Å². The van der Waals surface area contributed by atoms with Crippen LogP contribution in [0.5, 0.6) is 0 Å². The zero-order chi connectivity index (χ0) is 11.2. The number of nitrogens with two attached hydrogens (primary N) is 1. The highest BCUT2D eigenvalue weighted by molar-refractivity contribution is 5.85. The van der Waals surface area contributed by atoms with Gasteiger partial charge in [0, 0.05) is 11.1 Å². The Labute approximate surface area is 86.0 Å². The van der Waals surface area contributed by atoms with Gasteiger partial charge in [-0.1, -0.05) is 19.9 Å². The van der Waals surface area contributed by atoms with Crippen LogP contribution in [-0.2, 0) is 4.79 Å². The van der Waals surface area contributed by atoms with Crippen molar-refractivity contribution in [1.82, 2.24) is 0 Å². The zero-order valence-corrected chi connectivity index (χ0v) is 9.34. The van der Waals surface area contributed by atoms with Crippen LogP contribution >= 0.6 is 0 Å². The lowest BCUT2D eigenvalue weighted by atomic mass is 9.88. The fourth-order valence-corrected chi connectivity index (χ4v) is 1.27.